The van der Waals surface area contributed by atoms with Crippen LogP contribution in [0.2, 0.25) is 5.02 Å². The number of methoxy groups -OCH3 is 1. The largest absolute Gasteiger partial charge is 0.483 e. The number of fused-ring (bicyclic) bond motifs is 1. The Bertz CT molecular complexity index is 1300. The molecule has 0 radical (unpaired) electrons. The number of rotatable bonds is 5. The topological polar surface area (TPSA) is 102 Å². The Morgan fingerprint density at radius 3 is 2.77 bits per heavy atom. The minimum atomic E-state index is -0.939. The van der Waals surface area contributed by atoms with Gasteiger partial charge in [-0.05, 0) is 19.1 Å². The third-order valence-corrected chi connectivity index (χ3v) is 5.09. The molecule has 0 aliphatic carbocycles. The summed E-state index contributed by atoms with van der Waals surface area (Å²) in [7, 11) is 3.28. The smallest absolute Gasteiger partial charge is 0.239 e. The molecule has 0 unspecified atom stereocenters. The highest BCUT2D eigenvalue weighted by molar-refractivity contribution is 6.31. The van der Waals surface area contributed by atoms with E-state index in [0.717, 1.165) is 6.07 Å². The zero-order valence-corrected chi connectivity index (χ0v) is 17.5. The fourth-order valence-corrected chi connectivity index (χ4v) is 3.45. The Balaban J connectivity index is 1.84. The van der Waals surface area contributed by atoms with Gasteiger partial charge in [0, 0.05) is 18.8 Å². The van der Waals surface area contributed by atoms with E-state index in [-0.39, 0.29) is 22.6 Å². The van der Waals surface area contributed by atoms with Crippen molar-refractivity contribution in [3.63, 3.8) is 0 Å². The Morgan fingerprint density at radius 1 is 1.26 bits per heavy atom. The fourth-order valence-electron chi connectivity index (χ4n) is 3.28. The van der Waals surface area contributed by atoms with Crippen molar-refractivity contribution < 1.29 is 23.2 Å². The second-order valence-electron chi connectivity index (χ2n) is 6.76. The molecule has 3 N–H and O–H groups in total. The van der Waals surface area contributed by atoms with Crippen molar-refractivity contribution in [1.29, 1.82) is 0 Å². The van der Waals surface area contributed by atoms with E-state index in [2.05, 4.69) is 20.1 Å². The number of aryl methyl sites for hydroxylation is 1. The molecule has 160 valence electrons. The number of nitrogens with zero attached hydrogens (tertiary/aromatic N) is 4. The third-order valence-electron chi connectivity index (χ3n) is 4.75. The van der Waals surface area contributed by atoms with Crippen LogP contribution in [0.1, 0.15) is 18.6 Å². The number of benzene rings is 1. The molecule has 0 fully saturated rings. The molecule has 1 aromatic carbocycles. The number of anilines is 1. The predicted molar refractivity (Wildman–Crippen MR) is 110 cm³/mol. The van der Waals surface area contributed by atoms with Gasteiger partial charge in [0.1, 0.15) is 28.0 Å². The summed E-state index contributed by atoms with van der Waals surface area (Å²) in [6.07, 6.45) is 4.05. The van der Waals surface area contributed by atoms with Crippen molar-refractivity contribution in [1.82, 2.24) is 19.7 Å². The van der Waals surface area contributed by atoms with E-state index < -0.39 is 22.8 Å². The van der Waals surface area contributed by atoms with Crippen molar-refractivity contribution in [3.05, 3.63) is 53.1 Å². The maximum absolute atomic E-state index is 14.7. The Hall–Kier alpha value is -3.53. The average Bonchev–Trinajstić information content (AvgIpc) is 3.14. The molecule has 8 nitrogen and oxygen atoms in total. The molecule has 31 heavy (non-hydrogen) atoms. The van der Waals surface area contributed by atoms with Gasteiger partial charge in [-0.1, -0.05) is 11.6 Å². The highest BCUT2D eigenvalue weighted by Crippen LogP contribution is 2.38. The minimum Gasteiger partial charge on any atom is -0.483 e. The van der Waals surface area contributed by atoms with Crippen molar-refractivity contribution in [2.24, 2.45) is 7.05 Å². The molecule has 4 rings (SSSR count). The van der Waals surface area contributed by atoms with Crippen molar-refractivity contribution in [2.75, 3.05) is 12.8 Å². The fraction of sp³-hybridized carbons (Fsp3) is 0.200. The van der Waals surface area contributed by atoms with Crippen molar-refractivity contribution in [3.8, 4) is 22.9 Å². The first-order valence-electron chi connectivity index (χ1n) is 9.14. The lowest BCUT2D eigenvalue weighted by molar-refractivity contribution is -0.363. The van der Waals surface area contributed by atoms with E-state index in [1.807, 2.05) is 6.92 Å². The number of halogens is 3. The monoisotopic (exact) mass is 447 g/mol. The number of nitrogen functional groups attached to an aromatic ring is 1. The van der Waals surface area contributed by atoms with Gasteiger partial charge in [0.15, 0.2) is 17.1 Å². The third kappa shape index (κ3) is 3.59. The second-order valence-corrected chi connectivity index (χ2v) is 7.14. The highest BCUT2D eigenvalue weighted by atomic mass is 35.5. The van der Waals surface area contributed by atoms with E-state index in [0.29, 0.717) is 22.6 Å². The summed E-state index contributed by atoms with van der Waals surface area (Å²) in [5, 5.41) is 3.99. The number of hydrogen-bond acceptors (Lipinski definition) is 6. The first-order valence-corrected chi connectivity index (χ1v) is 9.52. The molecule has 0 aliphatic heterocycles. The highest BCUT2D eigenvalue weighted by Gasteiger charge is 2.25. The molecule has 0 saturated carbocycles. The molecule has 11 heteroatoms. The van der Waals surface area contributed by atoms with Crippen molar-refractivity contribution >= 4 is 28.3 Å². The van der Waals surface area contributed by atoms with Crippen LogP contribution < -0.4 is 20.2 Å². The number of nitrogens with one attached hydrogen (secondary N) is 1. The molecule has 4 aromatic rings. The van der Waals surface area contributed by atoms with Crippen molar-refractivity contribution in [2.45, 2.75) is 13.0 Å². The SMILES string of the molecule is COc1nn(C)cc1[C@H](C)Oc1cnc(-c2ccc(F)c(Cl)c2F)c2nc[nH+]c(N)c12. The molecule has 0 aliphatic rings. The molecule has 3 heterocycles. The van der Waals surface area contributed by atoms with Gasteiger partial charge in [0.25, 0.3) is 0 Å². The molecule has 0 spiro atoms. The van der Waals surface area contributed by atoms with Crippen LogP contribution in [0.25, 0.3) is 22.2 Å². The minimum absolute atomic E-state index is 0.0111. The van der Waals surface area contributed by atoms with Crippen LogP contribution >= 0.6 is 11.6 Å². The van der Waals surface area contributed by atoms with E-state index in [1.165, 1.54) is 25.7 Å². The molecule has 0 amide bonds. The van der Waals surface area contributed by atoms with Gasteiger partial charge in [-0.25, -0.2) is 18.7 Å². The normalized spacial score (nSPS) is 12.2. The number of nitrogens with two attached hydrogens (primary N) is 1. The predicted octanol–water partition coefficient (Wildman–Crippen LogP) is 3.51. The van der Waals surface area contributed by atoms with Crippen LogP contribution in [-0.4, -0.2) is 26.9 Å². The summed E-state index contributed by atoms with van der Waals surface area (Å²) in [6.45, 7) is 1.81. The number of ether oxygens (including phenoxy) is 2. The summed E-state index contributed by atoms with van der Waals surface area (Å²) in [5.41, 5.74) is 7.26. The quantitative estimate of drug-likeness (QED) is 0.470. The molecular formula is C20H18ClF2N6O2+. The number of aromatic nitrogens is 5. The first-order chi connectivity index (χ1) is 14.8. The molecular weight excluding hydrogens is 430 g/mol. The first kappa shape index (κ1) is 20.7. The van der Waals surface area contributed by atoms with Gasteiger partial charge in [0.2, 0.25) is 18.0 Å². The zero-order valence-electron chi connectivity index (χ0n) is 16.8. The summed E-state index contributed by atoms with van der Waals surface area (Å²) >= 11 is 5.74. The molecule has 0 bridgehead atoms. The van der Waals surface area contributed by atoms with Gasteiger partial charge < -0.3 is 15.2 Å². The van der Waals surface area contributed by atoms with Gasteiger partial charge >= 0.3 is 0 Å². The lowest BCUT2D eigenvalue weighted by Gasteiger charge is -2.16. The van der Waals surface area contributed by atoms with Crippen LogP contribution in [0.15, 0.2) is 30.9 Å². The maximum Gasteiger partial charge on any atom is 0.239 e. The van der Waals surface area contributed by atoms with Crippen LogP contribution in [0.3, 0.4) is 0 Å². The standard InChI is InChI=1S/C20H17ClF2N6O2/c1-9(11-7-29(2)28-20(11)30-3)31-13-6-25-17(18-14(13)19(24)27-8-26-18)10-4-5-12(22)15(21)16(10)23/h4-9H,1-3H3,(H2,24,26,27)/p+1/t9-/m0/s1. The second kappa shape index (κ2) is 7.95. The average molecular weight is 448 g/mol. The maximum atomic E-state index is 14.7. The van der Waals surface area contributed by atoms with Crippen LogP contribution in [0.4, 0.5) is 14.6 Å². The van der Waals surface area contributed by atoms with E-state index >= 15 is 0 Å². The van der Waals surface area contributed by atoms with Gasteiger partial charge in [-0.15, -0.1) is 10.1 Å². The van der Waals surface area contributed by atoms with Crippen LogP contribution in [0, 0.1) is 11.6 Å². The lowest BCUT2D eigenvalue weighted by Crippen LogP contribution is -2.13. The van der Waals surface area contributed by atoms with Crippen LogP contribution in [-0.2, 0) is 7.05 Å². The Morgan fingerprint density at radius 2 is 2.03 bits per heavy atom. The Kier molecular flexibility index (Phi) is 5.32. The zero-order chi connectivity index (χ0) is 22.3. The summed E-state index contributed by atoms with van der Waals surface area (Å²) in [4.78, 5) is 11.4. The number of hydrogen-bond donors (Lipinski definition) is 1. The van der Waals surface area contributed by atoms with Gasteiger partial charge in [0.05, 0.1) is 18.9 Å². The van der Waals surface area contributed by atoms with E-state index in [9.17, 15) is 8.78 Å². The summed E-state index contributed by atoms with van der Waals surface area (Å²) < 4.78 is 41.3. The molecule has 0 saturated heterocycles. The Labute approximate surface area is 180 Å². The number of pyridine rings is 1. The number of H-pyrrole nitrogens is 1. The lowest BCUT2D eigenvalue weighted by atomic mass is 10.1. The number of aromatic amines is 1. The van der Waals surface area contributed by atoms with Gasteiger partial charge in [-0.3, -0.25) is 4.68 Å². The summed E-state index contributed by atoms with van der Waals surface area (Å²) in [6, 6.07) is 2.31. The van der Waals surface area contributed by atoms with E-state index in [4.69, 9.17) is 26.8 Å². The van der Waals surface area contributed by atoms with Gasteiger partial charge in [-0.2, -0.15) is 0 Å². The van der Waals surface area contributed by atoms with Crippen LogP contribution in [0.5, 0.6) is 11.6 Å². The molecule has 1 atom stereocenters. The summed E-state index contributed by atoms with van der Waals surface area (Å²) in [5.74, 6) is -0.835. The molecule has 3 aromatic heterocycles. The van der Waals surface area contributed by atoms with E-state index in [1.54, 1.807) is 17.9 Å².